The molecule has 0 bridgehead atoms. The van der Waals surface area contributed by atoms with Gasteiger partial charge in [0, 0.05) is 13.2 Å². The van der Waals surface area contributed by atoms with Crippen molar-refractivity contribution >= 4 is 15.9 Å². The van der Waals surface area contributed by atoms with Crippen molar-refractivity contribution in [3.63, 3.8) is 0 Å². The summed E-state index contributed by atoms with van der Waals surface area (Å²) in [7, 11) is -1.54. The highest BCUT2D eigenvalue weighted by molar-refractivity contribution is 7.90. The lowest BCUT2D eigenvalue weighted by Crippen LogP contribution is -2.31. The molecular formula is C20H19F2N3O4S. The quantitative estimate of drug-likeness (QED) is 0.643. The Morgan fingerprint density at radius 2 is 1.87 bits per heavy atom. The minimum atomic E-state index is -4.29. The van der Waals surface area contributed by atoms with Gasteiger partial charge < -0.3 is 9.30 Å². The number of benzene rings is 2. The number of aromatic nitrogens is 2. The summed E-state index contributed by atoms with van der Waals surface area (Å²) in [5.41, 5.74) is 0.00217. The Balaban J connectivity index is 1.96. The number of carbonyl (C=O) groups is 1. The van der Waals surface area contributed by atoms with E-state index in [4.69, 9.17) is 4.74 Å². The largest absolute Gasteiger partial charge is 0.495 e. The van der Waals surface area contributed by atoms with Crippen LogP contribution in [0.4, 0.5) is 8.78 Å². The molecule has 0 radical (unpaired) electrons. The smallest absolute Gasteiger partial charge is 0.285 e. The topological polar surface area (TPSA) is 90.3 Å². The predicted molar refractivity (Wildman–Crippen MR) is 106 cm³/mol. The van der Waals surface area contributed by atoms with Gasteiger partial charge in [0.2, 0.25) is 0 Å². The van der Waals surface area contributed by atoms with E-state index in [1.807, 2.05) is 11.6 Å². The Morgan fingerprint density at radius 3 is 2.47 bits per heavy atom. The fourth-order valence-electron chi connectivity index (χ4n) is 2.90. The number of hydrogen-bond acceptors (Lipinski definition) is 5. The summed E-state index contributed by atoms with van der Waals surface area (Å²) >= 11 is 0. The van der Waals surface area contributed by atoms with Crippen molar-refractivity contribution in [2.24, 2.45) is 7.05 Å². The molecule has 0 saturated carbocycles. The number of carbonyl (C=O) groups excluding carboxylic acids is 1. The zero-order chi connectivity index (χ0) is 22.1. The number of methoxy groups -OCH3 is 1. The lowest BCUT2D eigenvalue weighted by Gasteiger charge is -2.11. The molecule has 1 heterocycles. The molecule has 0 saturated heterocycles. The van der Waals surface area contributed by atoms with Crippen LogP contribution in [0, 0.1) is 11.6 Å². The second-order valence-electron chi connectivity index (χ2n) is 6.43. The lowest BCUT2D eigenvalue weighted by atomic mass is 10.2. The van der Waals surface area contributed by atoms with Gasteiger partial charge in [-0.2, -0.15) is 0 Å². The van der Waals surface area contributed by atoms with Crippen LogP contribution in [-0.4, -0.2) is 31.0 Å². The lowest BCUT2D eigenvalue weighted by molar-refractivity contribution is 0.0977. The van der Waals surface area contributed by atoms with E-state index in [2.05, 4.69) is 4.98 Å². The summed E-state index contributed by atoms with van der Waals surface area (Å²) < 4.78 is 61.9. The molecule has 0 aliphatic heterocycles. The van der Waals surface area contributed by atoms with Gasteiger partial charge in [0.25, 0.3) is 15.9 Å². The van der Waals surface area contributed by atoms with Gasteiger partial charge in [0.05, 0.1) is 12.7 Å². The third-order valence-electron chi connectivity index (χ3n) is 4.45. The van der Waals surface area contributed by atoms with E-state index in [1.165, 1.54) is 43.1 Å². The number of nitrogens with one attached hydrogen (secondary N) is 1. The molecule has 1 amide bonds. The van der Waals surface area contributed by atoms with Crippen LogP contribution >= 0.6 is 0 Å². The van der Waals surface area contributed by atoms with Crippen molar-refractivity contribution in [1.82, 2.24) is 14.3 Å². The van der Waals surface area contributed by atoms with Gasteiger partial charge >= 0.3 is 0 Å². The van der Waals surface area contributed by atoms with Gasteiger partial charge in [-0.05, 0) is 36.2 Å². The summed E-state index contributed by atoms with van der Waals surface area (Å²) in [5, 5.41) is 0. The number of aryl methyl sites for hydroxylation is 2. The molecule has 30 heavy (non-hydrogen) atoms. The molecule has 0 unspecified atom stereocenters. The molecule has 0 fully saturated rings. The Hall–Kier alpha value is -3.27. The summed E-state index contributed by atoms with van der Waals surface area (Å²) in [6.45, 7) is 1.86. The first-order chi connectivity index (χ1) is 14.2. The minimum Gasteiger partial charge on any atom is -0.495 e. The average Bonchev–Trinajstić information content (AvgIpc) is 3.08. The van der Waals surface area contributed by atoms with Gasteiger partial charge in [-0.15, -0.1) is 0 Å². The number of rotatable bonds is 6. The van der Waals surface area contributed by atoms with Crippen LogP contribution in [0.3, 0.4) is 0 Å². The van der Waals surface area contributed by atoms with Gasteiger partial charge in [-0.25, -0.2) is 26.9 Å². The summed E-state index contributed by atoms with van der Waals surface area (Å²) in [5.74, 6) is -2.84. The molecular weight excluding hydrogens is 416 g/mol. The molecule has 0 aliphatic rings. The third-order valence-corrected chi connectivity index (χ3v) is 5.80. The summed E-state index contributed by atoms with van der Waals surface area (Å²) in [4.78, 5) is 16.3. The Bertz CT molecular complexity index is 1200. The van der Waals surface area contributed by atoms with E-state index >= 15 is 0 Å². The zero-order valence-corrected chi connectivity index (χ0v) is 17.3. The second-order valence-corrected chi connectivity index (χ2v) is 8.08. The molecule has 10 heteroatoms. The minimum absolute atomic E-state index is 0.0719. The molecule has 7 nitrogen and oxygen atoms in total. The summed E-state index contributed by atoms with van der Waals surface area (Å²) in [6.07, 6.45) is 1.77. The van der Waals surface area contributed by atoms with Crippen molar-refractivity contribution in [2.45, 2.75) is 18.2 Å². The number of imidazole rings is 1. The van der Waals surface area contributed by atoms with E-state index < -0.39 is 33.1 Å². The predicted octanol–water partition coefficient (Wildman–Crippen LogP) is 3.06. The number of ether oxygens (including phenoxy) is 1. The van der Waals surface area contributed by atoms with Crippen molar-refractivity contribution in [3.8, 4) is 17.1 Å². The van der Waals surface area contributed by atoms with Crippen molar-refractivity contribution < 1.29 is 26.7 Å². The molecule has 1 N–H and O–H groups in total. The van der Waals surface area contributed by atoms with E-state index in [1.54, 1.807) is 6.07 Å². The average molecular weight is 435 g/mol. The van der Waals surface area contributed by atoms with Crippen molar-refractivity contribution in [3.05, 3.63) is 65.5 Å². The first-order valence-electron chi connectivity index (χ1n) is 8.89. The first kappa shape index (κ1) is 21.4. The normalized spacial score (nSPS) is 11.4. The molecule has 1 aromatic heterocycles. The maximum absolute atomic E-state index is 14.1. The highest BCUT2D eigenvalue weighted by Crippen LogP contribution is 2.27. The van der Waals surface area contributed by atoms with E-state index in [0.717, 1.165) is 17.7 Å². The van der Waals surface area contributed by atoms with Crippen LogP contribution < -0.4 is 9.46 Å². The number of nitrogens with zero attached hydrogens (tertiary/aromatic N) is 2. The highest BCUT2D eigenvalue weighted by atomic mass is 32.2. The van der Waals surface area contributed by atoms with E-state index in [-0.39, 0.29) is 22.2 Å². The van der Waals surface area contributed by atoms with Crippen LogP contribution in [0.25, 0.3) is 11.4 Å². The molecule has 3 rings (SSSR count). The molecule has 158 valence electrons. The van der Waals surface area contributed by atoms with E-state index in [0.29, 0.717) is 6.42 Å². The van der Waals surface area contributed by atoms with Crippen LogP contribution in [0.2, 0.25) is 0 Å². The SMILES string of the molecule is CCc1ccc(OC)c(S(=O)(=O)NC(=O)c2cn(C)c(-c3c(F)cccc3F)n2)c1. The van der Waals surface area contributed by atoms with Gasteiger partial charge in [-0.1, -0.05) is 19.1 Å². The van der Waals surface area contributed by atoms with Crippen LogP contribution in [0.5, 0.6) is 5.75 Å². The van der Waals surface area contributed by atoms with Crippen LogP contribution in [0.1, 0.15) is 23.0 Å². The Morgan fingerprint density at radius 1 is 1.20 bits per heavy atom. The Labute approximate surface area is 172 Å². The standard InChI is InChI=1S/C20H19F2N3O4S/c1-4-12-8-9-16(29-3)17(10-12)30(27,28)24-20(26)15-11-25(2)19(23-15)18-13(21)6-5-7-14(18)22/h5-11H,4H2,1-3H3,(H,24,26). The van der Waals surface area contributed by atoms with Crippen molar-refractivity contribution in [2.75, 3.05) is 7.11 Å². The second kappa shape index (κ2) is 8.23. The molecule has 0 spiro atoms. The number of halogens is 2. The number of sulfonamides is 1. The van der Waals surface area contributed by atoms with Crippen LogP contribution in [0.15, 0.2) is 47.5 Å². The summed E-state index contributed by atoms with van der Waals surface area (Å²) in [6, 6.07) is 7.95. The number of hydrogen-bond donors (Lipinski definition) is 1. The fourth-order valence-corrected chi connectivity index (χ4v) is 4.08. The molecule has 0 atom stereocenters. The monoisotopic (exact) mass is 435 g/mol. The fraction of sp³-hybridized carbons (Fsp3) is 0.200. The zero-order valence-electron chi connectivity index (χ0n) is 16.4. The highest BCUT2D eigenvalue weighted by Gasteiger charge is 2.26. The van der Waals surface area contributed by atoms with Gasteiger partial charge in [0.1, 0.15) is 33.8 Å². The van der Waals surface area contributed by atoms with Gasteiger partial charge in [-0.3, -0.25) is 4.79 Å². The van der Waals surface area contributed by atoms with Crippen LogP contribution in [-0.2, 0) is 23.5 Å². The van der Waals surface area contributed by atoms with E-state index in [9.17, 15) is 22.0 Å². The molecule has 0 aliphatic carbocycles. The third kappa shape index (κ3) is 4.04. The maximum atomic E-state index is 14.1. The molecule has 3 aromatic rings. The molecule has 2 aromatic carbocycles. The first-order valence-corrected chi connectivity index (χ1v) is 10.4. The maximum Gasteiger partial charge on any atom is 0.285 e. The van der Waals surface area contributed by atoms with Crippen molar-refractivity contribution in [1.29, 1.82) is 0 Å². The van der Waals surface area contributed by atoms with Gasteiger partial charge in [0.15, 0.2) is 0 Å². The Kier molecular flexibility index (Phi) is 5.88. The number of amides is 1.